The molecule has 0 radical (unpaired) electrons. The molecule has 0 heterocycles. The number of rotatable bonds is 13. The molecular formula is C27H42O5S. The Balaban J connectivity index is 1.15. The summed E-state index contributed by atoms with van der Waals surface area (Å²) in [6.07, 6.45) is 8.92. The second-order valence-electron chi connectivity index (χ2n) is 10.1. The van der Waals surface area contributed by atoms with Gasteiger partial charge in [0.2, 0.25) is 0 Å². The van der Waals surface area contributed by atoms with E-state index in [0.717, 1.165) is 43.3 Å². The number of thioether (sulfide) groups is 1. The molecule has 1 N–H and O–H groups in total. The van der Waals surface area contributed by atoms with Crippen molar-refractivity contribution in [1.29, 1.82) is 0 Å². The van der Waals surface area contributed by atoms with Gasteiger partial charge in [0.25, 0.3) is 0 Å². The van der Waals surface area contributed by atoms with Gasteiger partial charge in [-0.3, -0.25) is 0 Å². The molecule has 4 rings (SSSR count). The first-order chi connectivity index (χ1) is 16.1. The van der Waals surface area contributed by atoms with Gasteiger partial charge in [0.1, 0.15) is 12.4 Å². The van der Waals surface area contributed by atoms with Gasteiger partial charge >= 0.3 is 0 Å². The zero-order valence-electron chi connectivity index (χ0n) is 20.4. The van der Waals surface area contributed by atoms with Crippen LogP contribution >= 0.6 is 11.8 Å². The van der Waals surface area contributed by atoms with Gasteiger partial charge in [-0.25, -0.2) is 0 Å². The Morgan fingerprint density at radius 1 is 0.939 bits per heavy atom. The van der Waals surface area contributed by atoms with Crippen LogP contribution in [-0.2, 0) is 20.6 Å². The average Bonchev–Trinajstić information content (AvgIpc) is 3.14. The van der Waals surface area contributed by atoms with E-state index in [2.05, 4.69) is 31.4 Å². The van der Waals surface area contributed by atoms with Gasteiger partial charge in [-0.05, 0) is 91.2 Å². The fraction of sp³-hybridized carbons (Fsp3) is 0.778. The minimum atomic E-state index is -0.0989. The van der Waals surface area contributed by atoms with Crippen LogP contribution in [0.5, 0.6) is 5.75 Å². The van der Waals surface area contributed by atoms with E-state index in [0.29, 0.717) is 51.5 Å². The van der Waals surface area contributed by atoms with Crippen molar-refractivity contribution in [3.05, 3.63) is 29.3 Å². The molecule has 5 nitrogen and oxygen atoms in total. The predicted octanol–water partition coefficient (Wildman–Crippen LogP) is 4.70. The molecule has 5 atom stereocenters. The number of ether oxygens (including phenoxy) is 4. The Morgan fingerprint density at radius 3 is 2.42 bits per heavy atom. The van der Waals surface area contributed by atoms with E-state index in [9.17, 15) is 5.11 Å². The van der Waals surface area contributed by atoms with Crippen LogP contribution in [0.25, 0.3) is 0 Å². The summed E-state index contributed by atoms with van der Waals surface area (Å²) < 4.78 is 22.6. The van der Waals surface area contributed by atoms with E-state index >= 15 is 0 Å². The topological polar surface area (TPSA) is 57.2 Å². The maximum absolute atomic E-state index is 10.6. The van der Waals surface area contributed by atoms with Gasteiger partial charge in [-0.2, -0.15) is 11.8 Å². The zero-order chi connectivity index (χ0) is 23.1. The second kappa shape index (κ2) is 12.3. The monoisotopic (exact) mass is 478 g/mol. The zero-order valence-corrected chi connectivity index (χ0v) is 21.2. The van der Waals surface area contributed by atoms with Crippen molar-refractivity contribution >= 4 is 11.8 Å². The van der Waals surface area contributed by atoms with Crippen LogP contribution in [0.4, 0.5) is 0 Å². The molecule has 6 heteroatoms. The lowest BCUT2D eigenvalue weighted by Crippen LogP contribution is -2.43. The van der Waals surface area contributed by atoms with Crippen LogP contribution in [-0.4, -0.2) is 69.5 Å². The van der Waals surface area contributed by atoms with Crippen LogP contribution in [0.15, 0.2) is 18.2 Å². The van der Waals surface area contributed by atoms with Crippen molar-refractivity contribution in [3.8, 4) is 5.75 Å². The molecule has 1 aromatic rings. The number of aliphatic hydroxyl groups excluding tert-OH is 1. The third kappa shape index (κ3) is 6.07. The maximum Gasteiger partial charge on any atom is 0.119 e. The third-order valence-electron chi connectivity index (χ3n) is 8.32. The van der Waals surface area contributed by atoms with Crippen LogP contribution in [0.3, 0.4) is 0 Å². The lowest BCUT2D eigenvalue weighted by Gasteiger charge is -2.50. The van der Waals surface area contributed by atoms with Crippen LogP contribution in [0.2, 0.25) is 0 Å². The molecule has 3 aliphatic rings. The Labute approximate surface area is 203 Å². The first kappa shape index (κ1) is 25.3. The summed E-state index contributed by atoms with van der Waals surface area (Å²) in [4.78, 5) is 0. The fourth-order valence-corrected chi connectivity index (χ4v) is 6.81. The predicted molar refractivity (Wildman–Crippen MR) is 133 cm³/mol. The van der Waals surface area contributed by atoms with E-state index < -0.39 is 0 Å². The summed E-state index contributed by atoms with van der Waals surface area (Å²) in [5.41, 5.74) is 3.15. The smallest absolute Gasteiger partial charge is 0.119 e. The Bertz CT molecular complexity index is 743. The molecule has 186 valence electrons. The number of aliphatic hydroxyl groups is 1. The minimum absolute atomic E-state index is 0.0989. The lowest BCUT2D eigenvalue weighted by molar-refractivity contribution is -0.0226. The Morgan fingerprint density at radius 2 is 1.67 bits per heavy atom. The van der Waals surface area contributed by atoms with E-state index in [1.807, 2.05) is 0 Å². The highest BCUT2D eigenvalue weighted by molar-refractivity contribution is 7.98. The lowest BCUT2D eigenvalue weighted by atomic mass is 9.55. The number of fused-ring (bicyclic) bond motifs is 5. The van der Waals surface area contributed by atoms with Gasteiger partial charge in [-0.1, -0.05) is 13.0 Å². The molecule has 0 aromatic heterocycles. The maximum atomic E-state index is 10.6. The van der Waals surface area contributed by atoms with E-state index in [1.54, 1.807) is 11.8 Å². The van der Waals surface area contributed by atoms with Gasteiger partial charge < -0.3 is 24.1 Å². The Hall–Kier alpha value is -0.790. The van der Waals surface area contributed by atoms with Crippen LogP contribution in [0.1, 0.15) is 56.1 Å². The van der Waals surface area contributed by atoms with Crippen molar-refractivity contribution in [1.82, 2.24) is 0 Å². The van der Waals surface area contributed by atoms with E-state index in [1.165, 1.54) is 30.4 Å². The number of hydrogen-bond acceptors (Lipinski definition) is 6. The number of aryl methyl sites for hydroxylation is 1. The second-order valence-corrected chi connectivity index (χ2v) is 11.1. The van der Waals surface area contributed by atoms with Crippen molar-refractivity contribution in [2.24, 2.45) is 17.3 Å². The summed E-state index contributed by atoms with van der Waals surface area (Å²) in [7, 11) is 0. The Kier molecular flexibility index (Phi) is 9.40. The summed E-state index contributed by atoms with van der Waals surface area (Å²) >= 11 is 1.79. The highest BCUT2D eigenvalue weighted by Gasteiger charge is 2.54. The van der Waals surface area contributed by atoms with Crippen molar-refractivity contribution in [2.75, 3.05) is 58.3 Å². The first-order valence-corrected chi connectivity index (χ1v) is 14.2. The molecule has 0 bridgehead atoms. The number of benzene rings is 1. The molecule has 3 aliphatic carbocycles. The SMILES string of the molecule is CSCCOCCOCCOCCOc1ccc2c(c1)CCC1C2CCC2(C)C(O)CCC12. The van der Waals surface area contributed by atoms with E-state index in [-0.39, 0.29) is 11.5 Å². The third-order valence-corrected chi connectivity index (χ3v) is 8.90. The molecule has 0 aliphatic heterocycles. The van der Waals surface area contributed by atoms with E-state index in [4.69, 9.17) is 18.9 Å². The molecule has 2 saturated carbocycles. The van der Waals surface area contributed by atoms with Gasteiger partial charge in [0.05, 0.1) is 45.7 Å². The normalized spacial score (nSPS) is 30.5. The highest BCUT2D eigenvalue weighted by atomic mass is 32.2. The minimum Gasteiger partial charge on any atom is -0.491 e. The summed E-state index contributed by atoms with van der Waals surface area (Å²) in [5, 5.41) is 10.6. The van der Waals surface area contributed by atoms with Crippen molar-refractivity contribution in [2.45, 2.75) is 57.5 Å². The molecule has 5 unspecified atom stereocenters. The summed E-state index contributed by atoms with van der Waals surface area (Å²) in [6.45, 7) is 6.68. The highest BCUT2D eigenvalue weighted by Crippen LogP contribution is 2.60. The van der Waals surface area contributed by atoms with Crippen LogP contribution in [0, 0.1) is 17.3 Å². The van der Waals surface area contributed by atoms with Crippen molar-refractivity contribution < 1.29 is 24.1 Å². The molecule has 33 heavy (non-hydrogen) atoms. The average molecular weight is 479 g/mol. The van der Waals surface area contributed by atoms with Crippen molar-refractivity contribution in [3.63, 3.8) is 0 Å². The molecule has 1 aromatic carbocycles. The standard InChI is InChI=1S/C27H42O5S/c1-27-10-9-23-22-6-4-21(19-20(22)3-5-24(23)25(27)7-8-26(27)28)32-16-15-30-12-11-29-13-14-31-17-18-33-2/h4,6,19,23-26,28H,3,5,7-18H2,1-2H3. The molecule has 2 fully saturated rings. The van der Waals surface area contributed by atoms with Gasteiger partial charge in [-0.15, -0.1) is 0 Å². The molecule has 0 saturated heterocycles. The largest absolute Gasteiger partial charge is 0.491 e. The van der Waals surface area contributed by atoms with Gasteiger partial charge in [0.15, 0.2) is 0 Å². The fourth-order valence-electron chi connectivity index (χ4n) is 6.52. The summed E-state index contributed by atoms with van der Waals surface area (Å²) in [6, 6.07) is 6.70. The molecule has 0 spiro atoms. The summed E-state index contributed by atoms with van der Waals surface area (Å²) in [5.74, 6) is 4.05. The molecule has 0 amide bonds. The quantitative estimate of drug-likeness (QED) is 0.415. The molecular weight excluding hydrogens is 436 g/mol. The van der Waals surface area contributed by atoms with Crippen LogP contribution < -0.4 is 4.74 Å². The number of hydrogen-bond donors (Lipinski definition) is 1. The first-order valence-electron chi connectivity index (χ1n) is 12.8. The van der Waals surface area contributed by atoms with Gasteiger partial charge in [0, 0.05) is 5.75 Å².